The molecule has 102 valence electrons. The quantitative estimate of drug-likeness (QED) is 0.846. The molecule has 2 rings (SSSR count). The van der Waals surface area contributed by atoms with Gasteiger partial charge < -0.3 is 10.0 Å². The summed E-state index contributed by atoms with van der Waals surface area (Å²) in [6.07, 6.45) is 2.67. The van der Waals surface area contributed by atoms with Crippen LogP contribution in [0.3, 0.4) is 0 Å². The highest BCUT2D eigenvalue weighted by atomic mass is 35.5. The molecule has 0 spiro atoms. The maximum Gasteiger partial charge on any atom is 0.246 e. The number of halogens is 1. The third-order valence-electron chi connectivity index (χ3n) is 3.41. The number of carbonyl (C=O) groups excluding carboxylic acids is 1. The second-order valence-corrected chi connectivity index (χ2v) is 5.27. The van der Waals surface area contributed by atoms with Crippen molar-refractivity contribution in [3.63, 3.8) is 0 Å². The highest BCUT2D eigenvalue weighted by Gasteiger charge is 2.20. The smallest absolute Gasteiger partial charge is 0.246 e. The zero-order valence-electron chi connectivity index (χ0n) is 11.0. The van der Waals surface area contributed by atoms with Crippen molar-refractivity contribution in [3.05, 3.63) is 40.9 Å². The number of benzene rings is 1. The van der Waals surface area contributed by atoms with Crippen LogP contribution in [0.4, 0.5) is 0 Å². The van der Waals surface area contributed by atoms with E-state index in [1.54, 1.807) is 11.0 Å². The number of amides is 1. The van der Waals surface area contributed by atoms with Gasteiger partial charge in [-0.05, 0) is 37.0 Å². The van der Waals surface area contributed by atoms with Gasteiger partial charge in [0.15, 0.2) is 0 Å². The first kappa shape index (κ1) is 14.1. The van der Waals surface area contributed by atoms with E-state index in [0.29, 0.717) is 31.0 Å². The van der Waals surface area contributed by atoms with Crippen LogP contribution < -0.4 is 0 Å². The average molecular weight is 280 g/mol. The van der Waals surface area contributed by atoms with E-state index in [2.05, 4.69) is 0 Å². The molecule has 1 fully saturated rings. The molecule has 0 aromatic heterocycles. The molecule has 0 saturated carbocycles. The van der Waals surface area contributed by atoms with Crippen LogP contribution >= 0.6 is 11.6 Å². The van der Waals surface area contributed by atoms with Gasteiger partial charge in [0.05, 0.1) is 6.10 Å². The normalized spacial score (nSPS) is 17.6. The molecule has 1 aliphatic rings. The van der Waals surface area contributed by atoms with E-state index in [1.807, 2.05) is 31.2 Å². The Kier molecular flexibility index (Phi) is 4.61. The molecule has 0 unspecified atom stereocenters. The largest absolute Gasteiger partial charge is 0.393 e. The molecule has 0 aliphatic carbocycles. The van der Waals surface area contributed by atoms with Crippen LogP contribution in [0.2, 0.25) is 5.02 Å². The van der Waals surface area contributed by atoms with E-state index in [-0.39, 0.29) is 12.0 Å². The summed E-state index contributed by atoms with van der Waals surface area (Å²) in [5, 5.41) is 10.1. The first-order chi connectivity index (χ1) is 9.08. The van der Waals surface area contributed by atoms with Gasteiger partial charge in [-0.2, -0.15) is 0 Å². The van der Waals surface area contributed by atoms with Crippen molar-refractivity contribution >= 4 is 23.1 Å². The van der Waals surface area contributed by atoms with Crippen LogP contribution in [0.25, 0.3) is 5.57 Å². The highest BCUT2D eigenvalue weighted by molar-refractivity contribution is 6.32. The van der Waals surface area contributed by atoms with E-state index >= 15 is 0 Å². The lowest BCUT2D eigenvalue weighted by Gasteiger charge is -2.28. The fourth-order valence-corrected chi connectivity index (χ4v) is 2.51. The summed E-state index contributed by atoms with van der Waals surface area (Å²) in [4.78, 5) is 13.9. The van der Waals surface area contributed by atoms with Gasteiger partial charge in [0.1, 0.15) is 0 Å². The number of hydrogen-bond acceptors (Lipinski definition) is 2. The van der Waals surface area contributed by atoms with Gasteiger partial charge in [0, 0.05) is 24.2 Å². The standard InChI is InChI=1S/C15H18ClNO2/c1-11(13-4-2-3-5-14(13)16)10-15(19)17-8-6-12(18)7-9-17/h2-5,10,12,18H,6-9H2,1H3. The predicted octanol–water partition coefficient (Wildman–Crippen LogP) is 2.73. The van der Waals surface area contributed by atoms with Crippen LogP contribution in [0, 0.1) is 0 Å². The van der Waals surface area contributed by atoms with Crippen molar-refractivity contribution < 1.29 is 9.90 Å². The Morgan fingerprint density at radius 1 is 1.37 bits per heavy atom. The number of piperidine rings is 1. The minimum atomic E-state index is -0.266. The van der Waals surface area contributed by atoms with E-state index in [4.69, 9.17) is 11.6 Å². The topological polar surface area (TPSA) is 40.5 Å². The van der Waals surface area contributed by atoms with E-state index < -0.39 is 0 Å². The summed E-state index contributed by atoms with van der Waals surface area (Å²) in [6, 6.07) is 7.49. The summed E-state index contributed by atoms with van der Waals surface area (Å²) < 4.78 is 0. The molecular weight excluding hydrogens is 262 g/mol. The van der Waals surface area contributed by atoms with Crippen LogP contribution in [0.15, 0.2) is 30.3 Å². The van der Waals surface area contributed by atoms with Gasteiger partial charge in [0.25, 0.3) is 0 Å². The second kappa shape index (κ2) is 6.22. The van der Waals surface area contributed by atoms with E-state index in [0.717, 1.165) is 11.1 Å². The van der Waals surface area contributed by atoms with Crippen molar-refractivity contribution in [1.82, 2.24) is 4.90 Å². The predicted molar refractivity (Wildman–Crippen MR) is 76.9 cm³/mol. The molecule has 0 atom stereocenters. The molecular formula is C15H18ClNO2. The molecule has 4 heteroatoms. The number of carbonyl (C=O) groups is 1. The number of aliphatic hydroxyl groups is 1. The molecule has 1 saturated heterocycles. The van der Waals surface area contributed by atoms with Crippen molar-refractivity contribution in [1.29, 1.82) is 0 Å². The Labute approximate surface area is 118 Å². The number of rotatable bonds is 2. The van der Waals surface area contributed by atoms with Crippen molar-refractivity contribution in [2.45, 2.75) is 25.9 Å². The second-order valence-electron chi connectivity index (χ2n) is 4.86. The summed E-state index contributed by atoms with van der Waals surface area (Å²) >= 11 is 6.11. The van der Waals surface area contributed by atoms with Crippen molar-refractivity contribution in [2.24, 2.45) is 0 Å². The van der Waals surface area contributed by atoms with Crippen LogP contribution in [0.5, 0.6) is 0 Å². The number of hydrogen-bond donors (Lipinski definition) is 1. The van der Waals surface area contributed by atoms with Gasteiger partial charge in [-0.25, -0.2) is 0 Å². The number of nitrogens with zero attached hydrogens (tertiary/aromatic N) is 1. The lowest BCUT2D eigenvalue weighted by molar-refractivity contribution is -0.127. The molecule has 1 amide bonds. The fourth-order valence-electron chi connectivity index (χ4n) is 2.22. The van der Waals surface area contributed by atoms with Crippen LogP contribution in [-0.2, 0) is 4.79 Å². The zero-order chi connectivity index (χ0) is 13.8. The Balaban J connectivity index is 2.08. The third kappa shape index (κ3) is 3.58. The first-order valence-electron chi connectivity index (χ1n) is 6.48. The molecule has 0 bridgehead atoms. The molecule has 0 radical (unpaired) electrons. The summed E-state index contributed by atoms with van der Waals surface area (Å²) in [7, 11) is 0. The summed E-state index contributed by atoms with van der Waals surface area (Å²) in [5.74, 6) is -0.00989. The molecule has 1 aromatic rings. The number of likely N-dealkylation sites (tertiary alicyclic amines) is 1. The Hall–Kier alpha value is -1.32. The Morgan fingerprint density at radius 2 is 2.00 bits per heavy atom. The van der Waals surface area contributed by atoms with Gasteiger partial charge in [-0.15, -0.1) is 0 Å². The van der Waals surface area contributed by atoms with Gasteiger partial charge >= 0.3 is 0 Å². The van der Waals surface area contributed by atoms with Gasteiger partial charge in [-0.1, -0.05) is 29.8 Å². The van der Waals surface area contributed by atoms with Crippen LogP contribution in [0.1, 0.15) is 25.3 Å². The summed E-state index contributed by atoms with van der Waals surface area (Å²) in [5.41, 5.74) is 1.75. The molecule has 19 heavy (non-hydrogen) atoms. The highest BCUT2D eigenvalue weighted by Crippen LogP contribution is 2.23. The molecule has 1 N–H and O–H groups in total. The Bertz CT molecular complexity index is 491. The molecule has 3 nitrogen and oxygen atoms in total. The molecule has 1 aliphatic heterocycles. The SMILES string of the molecule is CC(=CC(=O)N1CCC(O)CC1)c1ccccc1Cl. The van der Waals surface area contributed by atoms with Crippen molar-refractivity contribution in [3.8, 4) is 0 Å². The maximum absolute atomic E-state index is 12.1. The minimum Gasteiger partial charge on any atom is -0.393 e. The third-order valence-corrected chi connectivity index (χ3v) is 3.74. The van der Waals surface area contributed by atoms with Gasteiger partial charge in [-0.3, -0.25) is 4.79 Å². The summed E-state index contributed by atoms with van der Waals surface area (Å²) in [6.45, 7) is 3.12. The number of allylic oxidation sites excluding steroid dienone is 1. The molecule has 1 aromatic carbocycles. The lowest BCUT2D eigenvalue weighted by atomic mass is 10.1. The zero-order valence-corrected chi connectivity index (χ0v) is 11.7. The average Bonchev–Trinajstić information content (AvgIpc) is 2.39. The van der Waals surface area contributed by atoms with Crippen LogP contribution in [-0.4, -0.2) is 35.1 Å². The first-order valence-corrected chi connectivity index (χ1v) is 6.86. The number of aliphatic hydroxyl groups excluding tert-OH is 1. The Morgan fingerprint density at radius 3 is 2.63 bits per heavy atom. The lowest BCUT2D eigenvalue weighted by Crippen LogP contribution is -2.39. The van der Waals surface area contributed by atoms with Crippen molar-refractivity contribution in [2.75, 3.05) is 13.1 Å². The minimum absolute atomic E-state index is 0.00989. The fraction of sp³-hybridized carbons (Fsp3) is 0.400. The maximum atomic E-state index is 12.1. The van der Waals surface area contributed by atoms with Gasteiger partial charge in [0.2, 0.25) is 5.91 Å². The molecule has 1 heterocycles. The monoisotopic (exact) mass is 279 g/mol. The van der Waals surface area contributed by atoms with E-state index in [9.17, 15) is 9.90 Å². The van der Waals surface area contributed by atoms with E-state index in [1.165, 1.54) is 0 Å².